The van der Waals surface area contributed by atoms with Crippen molar-refractivity contribution in [3.05, 3.63) is 23.8 Å². The molecule has 0 spiro atoms. The number of hydrogen-bond donors (Lipinski definition) is 1. The topological polar surface area (TPSA) is 44.5 Å². The van der Waals surface area contributed by atoms with Crippen LogP contribution in [0, 0.1) is 5.92 Å². The minimum atomic E-state index is 0.556. The third kappa shape index (κ3) is 1.92. The highest BCUT2D eigenvalue weighted by molar-refractivity contribution is 5.45. The molecule has 0 amide bonds. The molecule has 3 heteroatoms. The average molecular weight is 207 g/mol. The first-order valence-corrected chi connectivity index (χ1v) is 5.22. The monoisotopic (exact) mass is 207 g/mol. The van der Waals surface area contributed by atoms with E-state index in [1.165, 1.54) is 12.0 Å². The molecule has 15 heavy (non-hydrogen) atoms. The van der Waals surface area contributed by atoms with E-state index in [4.69, 9.17) is 15.2 Å². The number of nitrogens with two attached hydrogens (primary N) is 1. The maximum absolute atomic E-state index is 5.65. The van der Waals surface area contributed by atoms with Gasteiger partial charge in [-0.25, -0.2) is 0 Å². The average Bonchev–Trinajstić information content (AvgIpc) is 3.07. The van der Waals surface area contributed by atoms with E-state index in [2.05, 4.69) is 6.07 Å². The van der Waals surface area contributed by atoms with Crippen LogP contribution in [0.3, 0.4) is 0 Å². The lowest BCUT2D eigenvalue weighted by molar-refractivity contribution is 0.398. The van der Waals surface area contributed by atoms with E-state index in [-0.39, 0.29) is 0 Å². The Morgan fingerprint density at radius 2 is 2.13 bits per heavy atom. The fourth-order valence-corrected chi connectivity index (χ4v) is 2.02. The Bertz CT molecular complexity index is 351. The highest BCUT2D eigenvalue weighted by Crippen LogP contribution is 2.50. The predicted octanol–water partition coefficient (Wildman–Crippen LogP) is 1.77. The lowest BCUT2D eigenvalue weighted by Crippen LogP contribution is -2.02. The van der Waals surface area contributed by atoms with Gasteiger partial charge in [0.1, 0.15) is 11.5 Å². The third-order valence-corrected chi connectivity index (χ3v) is 3.06. The molecule has 1 saturated carbocycles. The summed E-state index contributed by atoms with van der Waals surface area (Å²) in [5.74, 6) is 3.00. The maximum Gasteiger partial charge on any atom is 0.122 e. The fraction of sp³-hybridized carbons (Fsp3) is 0.500. The number of hydrogen-bond acceptors (Lipinski definition) is 3. The van der Waals surface area contributed by atoms with Crippen LogP contribution in [0.25, 0.3) is 0 Å². The van der Waals surface area contributed by atoms with E-state index >= 15 is 0 Å². The molecule has 0 saturated heterocycles. The first kappa shape index (κ1) is 10.3. The summed E-state index contributed by atoms with van der Waals surface area (Å²) in [4.78, 5) is 0. The van der Waals surface area contributed by atoms with E-state index in [0.717, 1.165) is 18.0 Å². The first-order valence-electron chi connectivity index (χ1n) is 5.22. The molecule has 2 rings (SSSR count). The molecule has 0 aliphatic heterocycles. The van der Waals surface area contributed by atoms with Gasteiger partial charge in [-0.05, 0) is 43.0 Å². The Morgan fingerprint density at radius 3 is 2.67 bits per heavy atom. The highest BCUT2D eigenvalue weighted by Gasteiger charge is 2.38. The number of benzene rings is 1. The van der Waals surface area contributed by atoms with Crippen LogP contribution in [0.4, 0.5) is 0 Å². The Balaban J connectivity index is 2.27. The highest BCUT2D eigenvalue weighted by atomic mass is 16.5. The Labute approximate surface area is 90.2 Å². The lowest BCUT2D eigenvalue weighted by atomic mass is 10.1. The summed E-state index contributed by atoms with van der Waals surface area (Å²) in [6.45, 7) is 0.755. The van der Waals surface area contributed by atoms with Gasteiger partial charge in [0, 0.05) is 5.56 Å². The van der Waals surface area contributed by atoms with Crippen LogP contribution in [0.15, 0.2) is 18.2 Å². The van der Waals surface area contributed by atoms with Crippen LogP contribution in [0.2, 0.25) is 0 Å². The smallest absolute Gasteiger partial charge is 0.122 e. The molecular formula is C12H17NO2. The Kier molecular flexibility index (Phi) is 2.82. The van der Waals surface area contributed by atoms with Gasteiger partial charge < -0.3 is 15.2 Å². The molecule has 0 heterocycles. The van der Waals surface area contributed by atoms with Crippen LogP contribution >= 0.6 is 0 Å². The standard InChI is InChI=1S/C12H17NO2/c1-14-9-3-4-12(15-2)11(6-9)10-5-8(10)7-13/h3-4,6,8,10H,5,7,13H2,1-2H3. The van der Waals surface area contributed by atoms with Crippen molar-refractivity contribution in [3.63, 3.8) is 0 Å². The van der Waals surface area contributed by atoms with Crippen molar-refractivity contribution in [2.75, 3.05) is 20.8 Å². The Morgan fingerprint density at radius 1 is 1.33 bits per heavy atom. The first-order chi connectivity index (χ1) is 7.30. The summed E-state index contributed by atoms with van der Waals surface area (Å²) in [5, 5.41) is 0. The number of methoxy groups -OCH3 is 2. The van der Waals surface area contributed by atoms with Crippen molar-refractivity contribution in [3.8, 4) is 11.5 Å². The van der Waals surface area contributed by atoms with Crippen molar-refractivity contribution >= 4 is 0 Å². The number of rotatable bonds is 4. The lowest BCUT2D eigenvalue weighted by Gasteiger charge is -2.09. The summed E-state index contributed by atoms with van der Waals surface area (Å²) < 4.78 is 10.6. The predicted molar refractivity (Wildman–Crippen MR) is 59.4 cm³/mol. The van der Waals surface area contributed by atoms with E-state index in [0.29, 0.717) is 11.8 Å². The molecule has 0 aromatic heterocycles. The molecule has 1 aromatic rings. The van der Waals surface area contributed by atoms with E-state index in [1.54, 1.807) is 14.2 Å². The van der Waals surface area contributed by atoms with Gasteiger partial charge in [-0.2, -0.15) is 0 Å². The Hall–Kier alpha value is -1.22. The summed E-state index contributed by atoms with van der Waals surface area (Å²) in [5.41, 5.74) is 6.88. The summed E-state index contributed by atoms with van der Waals surface area (Å²) in [6, 6.07) is 5.93. The minimum absolute atomic E-state index is 0.556. The second kappa shape index (κ2) is 4.11. The normalized spacial score (nSPS) is 23.7. The van der Waals surface area contributed by atoms with Gasteiger partial charge in [0.2, 0.25) is 0 Å². The van der Waals surface area contributed by atoms with Gasteiger partial charge in [0.25, 0.3) is 0 Å². The second-order valence-corrected chi connectivity index (χ2v) is 3.95. The molecule has 2 unspecified atom stereocenters. The van der Waals surface area contributed by atoms with E-state index < -0.39 is 0 Å². The molecule has 82 valence electrons. The zero-order valence-corrected chi connectivity index (χ0v) is 9.19. The quantitative estimate of drug-likeness (QED) is 0.818. The summed E-state index contributed by atoms with van der Waals surface area (Å²) in [6.07, 6.45) is 1.17. The van der Waals surface area contributed by atoms with Crippen molar-refractivity contribution < 1.29 is 9.47 Å². The van der Waals surface area contributed by atoms with E-state index in [9.17, 15) is 0 Å². The fourth-order valence-electron chi connectivity index (χ4n) is 2.02. The van der Waals surface area contributed by atoms with Crippen molar-refractivity contribution in [1.29, 1.82) is 0 Å². The molecule has 1 aliphatic rings. The van der Waals surface area contributed by atoms with Crippen molar-refractivity contribution in [2.45, 2.75) is 12.3 Å². The second-order valence-electron chi connectivity index (χ2n) is 3.95. The molecule has 1 aliphatic carbocycles. The molecule has 1 aromatic carbocycles. The van der Waals surface area contributed by atoms with Gasteiger partial charge in [0.05, 0.1) is 14.2 Å². The molecule has 2 N–H and O–H groups in total. The summed E-state index contributed by atoms with van der Waals surface area (Å²) >= 11 is 0. The molecule has 1 fully saturated rings. The molecule has 3 nitrogen and oxygen atoms in total. The minimum Gasteiger partial charge on any atom is -0.497 e. The zero-order valence-electron chi connectivity index (χ0n) is 9.19. The molecule has 0 bridgehead atoms. The van der Waals surface area contributed by atoms with Gasteiger partial charge in [-0.1, -0.05) is 0 Å². The van der Waals surface area contributed by atoms with E-state index in [1.807, 2.05) is 12.1 Å². The van der Waals surface area contributed by atoms with Crippen LogP contribution in [-0.4, -0.2) is 20.8 Å². The molecule has 0 radical (unpaired) electrons. The summed E-state index contributed by atoms with van der Waals surface area (Å²) in [7, 11) is 3.38. The maximum atomic E-state index is 5.65. The van der Waals surface area contributed by atoms with Crippen molar-refractivity contribution in [2.24, 2.45) is 11.7 Å². The number of ether oxygens (including phenoxy) is 2. The molecular weight excluding hydrogens is 190 g/mol. The largest absolute Gasteiger partial charge is 0.497 e. The zero-order chi connectivity index (χ0) is 10.8. The van der Waals surface area contributed by atoms with Gasteiger partial charge in [-0.15, -0.1) is 0 Å². The SMILES string of the molecule is COc1ccc(OC)c(C2CC2CN)c1. The van der Waals surface area contributed by atoms with Crippen LogP contribution in [0.1, 0.15) is 17.9 Å². The van der Waals surface area contributed by atoms with Gasteiger partial charge in [0.15, 0.2) is 0 Å². The van der Waals surface area contributed by atoms with Gasteiger partial charge >= 0.3 is 0 Å². The van der Waals surface area contributed by atoms with Gasteiger partial charge in [-0.3, -0.25) is 0 Å². The van der Waals surface area contributed by atoms with Crippen LogP contribution in [0.5, 0.6) is 11.5 Å². The third-order valence-electron chi connectivity index (χ3n) is 3.06. The molecule has 2 atom stereocenters. The van der Waals surface area contributed by atoms with Crippen molar-refractivity contribution in [1.82, 2.24) is 0 Å². The van der Waals surface area contributed by atoms with Crippen LogP contribution in [-0.2, 0) is 0 Å². The van der Waals surface area contributed by atoms with Crippen LogP contribution < -0.4 is 15.2 Å².